The molecule has 23 heavy (non-hydrogen) atoms. The van der Waals surface area contributed by atoms with Crippen LogP contribution in [0.15, 0.2) is 4.99 Å². The van der Waals surface area contributed by atoms with E-state index in [1.165, 1.54) is 0 Å². The Morgan fingerprint density at radius 1 is 1.26 bits per heavy atom. The number of ether oxygens (including phenoxy) is 1. The smallest absolute Gasteiger partial charge is 0.239 e. The lowest BCUT2D eigenvalue weighted by Crippen LogP contribution is -2.48. The molecule has 0 saturated carbocycles. The van der Waals surface area contributed by atoms with E-state index in [-0.39, 0.29) is 36.4 Å². The second-order valence-corrected chi connectivity index (χ2v) is 5.79. The molecule has 0 aromatic rings. The van der Waals surface area contributed by atoms with E-state index in [9.17, 15) is 4.79 Å². The molecule has 0 aromatic carbocycles. The summed E-state index contributed by atoms with van der Waals surface area (Å²) in [5, 5.41) is 6.03. The Hall–Kier alpha value is -0.610. The summed E-state index contributed by atoms with van der Waals surface area (Å²) in [6.07, 6.45) is 2.09. The Morgan fingerprint density at radius 3 is 2.65 bits per heavy atom. The molecular formula is C15H30IN5O2. The number of hydrogen-bond acceptors (Lipinski definition) is 4. The summed E-state index contributed by atoms with van der Waals surface area (Å²) in [6.45, 7) is 8.71. The molecule has 0 aliphatic carbocycles. The van der Waals surface area contributed by atoms with Gasteiger partial charge in [-0.3, -0.25) is 14.7 Å². The van der Waals surface area contributed by atoms with E-state index in [1.807, 2.05) is 6.92 Å². The van der Waals surface area contributed by atoms with Crippen LogP contribution in [0.1, 0.15) is 19.8 Å². The molecule has 2 saturated heterocycles. The van der Waals surface area contributed by atoms with Gasteiger partial charge in [0, 0.05) is 45.8 Å². The van der Waals surface area contributed by atoms with Crippen molar-refractivity contribution in [3.63, 3.8) is 0 Å². The van der Waals surface area contributed by atoms with Gasteiger partial charge in [0.2, 0.25) is 5.91 Å². The number of rotatable bonds is 5. The van der Waals surface area contributed by atoms with Crippen molar-refractivity contribution in [2.24, 2.45) is 4.99 Å². The number of carbonyl (C=O) groups excluding carboxylic acids is 1. The van der Waals surface area contributed by atoms with Gasteiger partial charge >= 0.3 is 0 Å². The molecular weight excluding hydrogens is 409 g/mol. The number of likely N-dealkylation sites (tertiary alicyclic amines) is 1. The Labute approximate surface area is 156 Å². The third-order valence-electron chi connectivity index (χ3n) is 4.22. The summed E-state index contributed by atoms with van der Waals surface area (Å²) in [4.78, 5) is 20.7. The third-order valence-corrected chi connectivity index (χ3v) is 4.22. The zero-order valence-corrected chi connectivity index (χ0v) is 16.5. The van der Waals surface area contributed by atoms with E-state index in [0.29, 0.717) is 6.04 Å². The van der Waals surface area contributed by atoms with Crippen LogP contribution in [-0.2, 0) is 9.53 Å². The minimum atomic E-state index is 0. The van der Waals surface area contributed by atoms with E-state index in [1.54, 1.807) is 7.05 Å². The topological polar surface area (TPSA) is 69.2 Å². The van der Waals surface area contributed by atoms with Crippen LogP contribution < -0.4 is 10.6 Å². The predicted molar refractivity (Wildman–Crippen MR) is 102 cm³/mol. The maximum absolute atomic E-state index is 11.7. The van der Waals surface area contributed by atoms with Crippen LogP contribution in [0, 0.1) is 0 Å². The Kier molecular flexibility index (Phi) is 9.80. The highest BCUT2D eigenvalue weighted by Gasteiger charge is 2.30. The van der Waals surface area contributed by atoms with Crippen LogP contribution in [0.25, 0.3) is 0 Å². The van der Waals surface area contributed by atoms with Gasteiger partial charge in [0.15, 0.2) is 5.96 Å². The fourth-order valence-corrected chi connectivity index (χ4v) is 2.99. The summed E-state index contributed by atoms with van der Waals surface area (Å²) >= 11 is 0. The van der Waals surface area contributed by atoms with Crippen LogP contribution in [-0.4, -0.2) is 87.2 Å². The lowest BCUT2D eigenvalue weighted by molar-refractivity contribution is -0.120. The van der Waals surface area contributed by atoms with Gasteiger partial charge in [-0.05, 0) is 12.8 Å². The number of nitrogens with one attached hydrogen (secondary N) is 2. The monoisotopic (exact) mass is 439 g/mol. The highest BCUT2D eigenvalue weighted by atomic mass is 127. The molecule has 8 heteroatoms. The summed E-state index contributed by atoms with van der Waals surface area (Å²) in [6, 6.07) is 0.566. The number of aliphatic imine (C=N–C) groups is 1. The molecule has 2 fully saturated rings. The van der Waals surface area contributed by atoms with E-state index in [4.69, 9.17) is 4.74 Å². The fraction of sp³-hybridized carbons (Fsp3) is 0.867. The second kappa shape index (κ2) is 11.0. The van der Waals surface area contributed by atoms with Crippen molar-refractivity contribution in [3.8, 4) is 0 Å². The van der Waals surface area contributed by atoms with Crippen molar-refractivity contribution in [2.75, 3.05) is 59.5 Å². The SMILES string of the molecule is CCCNC(=O)CNC(=NC)N1CCC(N2CCOCC2)C1.I. The number of hydrogen-bond donors (Lipinski definition) is 2. The zero-order chi connectivity index (χ0) is 15.8. The van der Waals surface area contributed by atoms with Crippen molar-refractivity contribution in [1.82, 2.24) is 20.4 Å². The Balaban J connectivity index is 0.00000264. The van der Waals surface area contributed by atoms with E-state index in [2.05, 4.69) is 25.4 Å². The molecule has 0 aromatic heterocycles. The Morgan fingerprint density at radius 2 is 2.00 bits per heavy atom. The number of guanidine groups is 1. The average Bonchev–Trinajstić information content (AvgIpc) is 3.04. The molecule has 1 unspecified atom stereocenters. The lowest BCUT2D eigenvalue weighted by Gasteiger charge is -2.32. The molecule has 1 atom stereocenters. The quantitative estimate of drug-likeness (QED) is 0.362. The molecule has 2 N–H and O–H groups in total. The molecule has 2 aliphatic heterocycles. The van der Waals surface area contributed by atoms with Crippen molar-refractivity contribution in [1.29, 1.82) is 0 Å². The molecule has 2 heterocycles. The normalized spacial score (nSPS) is 22.6. The fourth-order valence-electron chi connectivity index (χ4n) is 2.99. The van der Waals surface area contributed by atoms with Crippen LogP contribution in [0.4, 0.5) is 0 Å². The number of carbonyl (C=O) groups is 1. The van der Waals surface area contributed by atoms with Gasteiger partial charge in [-0.15, -0.1) is 24.0 Å². The van der Waals surface area contributed by atoms with Crippen LogP contribution in [0.5, 0.6) is 0 Å². The maximum Gasteiger partial charge on any atom is 0.239 e. The highest BCUT2D eigenvalue weighted by Crippen LogP contribution is 2.16. The maximum atomic E-state index is 11.7. The first-order valence-corrected chi connectivity index (χ1v) is 8.28. The molecule has 2 rings (SSSR count). The molecule has 134 valence electrons. The van der Waals surface area contributed by atoms with Crippen LogP contribution in [0.2, 0.25) is 0 Å². The number of nitrogens with zero attached hydrogens (tertiary/aromatic N) is 3. The second-order valence-electron chi connectivity index (χ2n) is 5.79. The van der Waals surface area contributed by atoms with Crippen molar-refractivity contribution in [2.45, 2.75) is 25.8 Å². The largest absolute Gasteiger partial charge is 0.379 e. The molecule has 1 amide bonds. The van der Waals surface area contributed by atoms with Crippen molar-refractivity contribution >= 4 is 35.8 Å². The lowest BCUT2D eigenvalue weighted by atomic mass is 10.2. The van der Waals surface area contributed by atoms with E-state index >= 15 is 0 Å². The first-order chi connectivity index (χ1) is 10.7. The molecule has 0 radical (unpaired) electrons. The average molecular weight is 439 g/mol. The van der Waals surface area contributed by atoms with Gasteiger partial charge in [-0.25, -0.2) is 0 Å². The first-order valence-electron chi connectivity index (χ1n) is 8.28. The number of morpholine rings is 1. The molecule has 7 nitrogen and oxygen atoms in total. The van der Waals surface area contributed by atoms with Crippen molar-refractivity contribution < 1.29 is 9.53 Å². The standard InChI is InChI=1S/C15H29N5O2.HI/c1-3-5-17-14(21)11-18-15(16-2)20-6-4-13(12-20)19-7-9-22-10-8-19;/h13H,3-12H2,1-2H3,(H,16,18)(H,17,21);1H. The Bertz CT molecular complexity index is 388. The third kappa shape index (κ3) is 6.42. The summed E-state index contributed by atoms with van der Waals surface area (Å²) in [5.74, 6) is 0.842. The van der Waals surface area contributed by atoms with Crippen LogP contribution >= 0.6 is 24.0 Å². The van der Waals surface area contributed by atoms with E-state index < -0.39 is 0 Å². The summed E-state index contributed by atoms with van der Waals surface area (Å²) < 4.78 is 5.42. The predicted octanol–water partition coefficient (Wildman–Crippen LogP) is 0.113. The first kappa shape index (κ1) is 20.4. The van der Waals surface area contributed by atoms with Crippen molar-refractivity contribution in [3.05, 3.63) is 0 Å². The van der Waals surface area contributed by atoms with Gasteiger partial charge in [0.1, 0.15) is 0 Å². The van der Waals surface area contributed by atoms with E-state index in [0.717, 1.165) is 64.7 Å². The summed E-state index contributed by atoms with van der Waals surface area (Å²) in [5.41, 5.74) is 0. The van der Waals surface area contributed by atoms with Gasteiger partial charge in [-0.1, -0.05) is 6.92 Å². The highest BCUT2D eigenvalue weighted by molar-refractivity contribution is 14.0. The van der Waals surface area contributed by atoms with Gasteiger partial charge in [0.25, 0.3) is 0 Å². The van der Waals surface area contributed by atoms with Crippen LogP contribution in [0.3, 0.4) is 0 Å². The number of halogens is 1. The number of amides is 1. The zero-order valence-electron chi connectivity index (χ0n) is 14.2. The molecule has 2 aliphatic rings. The molecule has 0 bridgehead atoms. The molecule has 0 spiro atoms. The van der Waals surface area contributed by atoms with Gasteiger partial charge in [0.05, 0.1) is 19.8 Å². The van der Waals surface area contributed by atoms with Gasteiger partial charge in [-0.2, -0.15) is 0 Å². The van der Waals surface area contributed by atoms with Gasteiger partial charge < -0.3 is 20.3 Å². The minimum Gasteiger partial charge on any atom is -0.379 e. The minimum absolute atomic E-state index is 0. The summed E-state index contributed by atoms with van der Waals surface area (Å²) in [7, 11) is 1.77.